The molecule has 0 fully saturated rings. The number of furan rings is 2. The first-order chi connectivity index (χ1) is 11.0. The SMILES string of the molecule is Cc1cc(C(=O)NCc2ccc(-c3ccc(Cl)cc3)o2)c(C)o1. The summed E-state index contributed by atoms with van der Waals surface area (Å²) >= 11 is 5.88. The van der Waals surface area contributed by atoms with E-state index in [1.807, 2.05) is 43.3 Å². The summed E-state index contributed by atoms with van der Waals surface area (Å²) in [5.74, 6) is 2.57. The predicted octanol–water partition coefficient (Wildman–Crippen LogP) is 4.74. The molecule has 118 valence electrons. The second kappa shape index (κ2) is 6.34. The Bertz CT molecular complexity index is 830. The van der Waals surface area contributed by atoms with E-state index in [1.54, 1.807) is 13.0 Å². The van der Waals surface area contributed by atoms with Crippen molar-refractivity contribution in [1.29, 1.82) is 0 Å². The molecule has 0 spiro atoms. The van der Waals surface area contributed by atoms with E-state index in [4.69, 9.17) is 20.4 Å². The van der Waals surface area contributed by atoms with Crippen molar-refractivity contribution >= 4 is 17.5 Å². The van der Waals surface area contributed by atoms with E-state index in [1.165, 1.54) is 0 Å². The number of hydrogen-bond donors (Lipinski definition) is 1. The van der Waals surface area contributed by atoms with Crippen molar-refractivity contribution < 1.29 is 13.6 Å². The molecule has 3 rings (SSSR count). The minimum absolute atomic E-state index is 0.177. The first-order valence-corrected chi connectivity index (χ1v) is 7.60. The zero-order valence-corrected chi connectivity index (χ0v) is 13.6. The van der Waals surface area contributed by atoms with Gasteiger partial charge in [0.15, 0.2) is 0 Å². The standard InChI is InChI=1S/C18H16ClNO3/c1-11-9-16(12(2)22-11)18(21)20-10-15-7-8-17(23-15)13-3-5-14(19)6-4-13/h3-9H,10H2,1-2H3,(H,20,21). The molecule has 1 amide bonds. The van der Waals surface area contributed by atoms with E-state index in [9.17, 15) is 4.79 Å². The number of benzene rings is 1. The molecule has 0 atom stereocenters. The predicted molar refractivity (Wildman–Crippen MR) is 88.5 cm³/mol. The zero-order chi connectivity index (χ0) is 16.4. The third-order valence-corrected chi connectivity index (χ3v) is 3.75. The smallest absolute Gasteiger partial charge is 0.255 e. The second-order valence-electron chi connectivity index (χ2n) is 5.28. The summed E-state index contributed by atoms with van der Waals surface area (Å²) in [4.78, 5) is 12.1. The van der Waals surface area contributed by atoms with Gasteiger partial charge in [0, 0.05) is 10.6 Å². The van der Waals surface area contributed by atoms with Crippen molar-refractivity contribution in [2.24, 2.45) is 0 Å². The van der Waals surface area contributed by atoms with Gasteiger partial charge in [-0.25, -0.2) is 0 Å². The van der Waals surface area contributed by atoms with Gasteiger partial charge in [0.1, 0.15) is 23.0 Å². The summed E-state index contributed by atoms with van der Waals surface area (Å²) in [5, 5.41) is 3.51. The molecular formula is C18H16ClNO3. The van der Waals surface area contributed by atoms with Crippen LogP contribution in [0.25, 0.3) is 11.3 Å². The molecule has 0 radical (unpaired) electrons. The average molecular weight is 330 g/mol. The normalized spacial score (nSPS) is 10.7. The molecule has 23 heavy (non-hydrogen) atoms. The van der Waals surface area contributed by atoms with Crippen molar-refractivity contribution in [3.63, 3.8) is 0 Å². The van der Waals surface area contributed by atoms with Gasteiger partial charge < -0.3 is 14.2 Å². The van der Waals surface area contributed by atoms with Crippen molar-refractivity contribution in [3.05, 3.63) is 70.3 Å². The molecule has 2 aromatic heterocycles. The maximum atomic E-state index is 12.1. The number of carbonyl (C=O) groups excluding carboxylic acids is 1. The van der Waals surface area contributed by atoms with Crippen LogP contribution in [0.1, 0.15) is 27.6 Å². The maximum absolute atomic E-state index is 12.1. The Morgan fingerprint density at radius 1 is 1.09 bits per heavy atom. The highest BCUT2D eigenvalue weighted by molar-refractivity contribution is 6.30. The lowest BCUT2D eigenvalue weighted by molar-refractivity contribution is 0.0946. The molecule has 4 nitrogen and oxygen atoms in total. The number of carbonyl (C=O) groups is 1. The number of aryl methyl sites for hydroxylation is 2. The molecule has 0 aliphatic heterocycles. The van der Waals surface area contributed by atoms with Gasteiger partial charge in [-0.2, -0.15) is 0 Å². The van der Waals surface area contributed by atoms with Crippen LogP contribution < -0.4 is 5.32 Å². The van der Waals surface area contributed by atoms with E-state index in [0.29, 0.717) is 28.7 Å². The van der Waals surface area contributed by atoms with Crippen LogP contribution in [0.2, 0.25) is 5.02 Å². The van der Waals surface area contributed by atoms with Crippen LogP contribution in [0, 0.1) is 13.8 Å². The highest BCUT2D eigenvalue weighted by Crippen LogP contribution is 2.24. The third-order valence-electron chi connectivity index (χ3n) is 3.50. The van der Waals surface area contributed by atoms with Gasteiger partial charge in [-0.05, 0) is 56.3 Å². The highest BCUT2D eigenvalue weighted by atomic mass is 35.5. The van der Waals surface area contributed by atoms with Crippen LogP contribution in [-0.4, -0.2) is 5.91 Å². The minimum Gasteiger partial charge on any atom is -0.466 e. The molecule has 1 N–H and O–H groups in total. The van der Waals surface area contributed by atoms with E-state index in [2.05, 4.69) is 5.32 Å². The minimum atomic E-state index is -0.177. The maximum Gasteiger partial charge on any atom is 0.255 e. The molecule has 5 heteroatoms. The second-order valence-corrected chi connectivity index (χ2v) is 5.72. The van der Waals surface area contributed by atoms with Gasteiger partial charge in [-0.3, -0.25) is 4.79 Å². The van der Waals surface area contributed by atoms with Crippen molar-refractivity contribution in [2.45, 2.75) is 20.4 Å². The van der Waals surface area contributed by atoms with Gasteiger partial charge in [0.2, 0.25) is 0 Å². The van der Waals surface area contributed by atoms with Gasteiger partial charge in [0.25, 0.3) is 5.91 Å². The highest BCUT2D eigenvalue weighted by Gasteiger charge is 2.14. The van der Waals surface area contributed by atoms with E-state index in [0.717, 1.165) is 17.1 Å². The first-order valence-electron chi connectivity index (χ1n) is 7.23. The zero-order valence-electron chi connectivity index (χ0n) is 12.9. The summed E-state index contributed by atoms with van der Waals surface area (Å²) in [5.41, 5.74) is 1.49. The van der Waals surface area contributed by atoms with E-state index in [-0.39, 0.29) is 5.91 Å². The Hall–Kier alpha value is -2.46. The Labute approximate surface area is 139 Å². The summed E-state index contributed by atoms with van der Waals surface area (Å²) in [6.07, 6.45) is 0. The molecule has 3 aromatic rings. The van der Waals surface area contributed by atoms with Crippen molar-refractivity contribution in [1.82, 2.24) is 5.32 Å². The fourth-order valence-corrected chi connectivity index (χ4v) is 2.49. The Kier molecular flexibility index (Phi) is 4.26. The van der Waals surface area contributed by atoms with Crippen molar-refractivity contribution in [2.75, 3.05) is 0 Å². The van der Waals surface area contributed by atoms with Gasteiger partial charge in [0.05, 0.1) is 12.1 Å². The molecular weight excluding hydrogens is 314 g/mol. The fraction of sp³-hybridized carbons (Fsp3) is 0.167. The molecule has 0 aliphatic rings. The number of amides is 1. The van der Waals surface area contributed by atoms with Gasteiger partial charge >= 0.3 is 0 Å². The summed E-state index contributed by atoms with van der Waals surface area (Å²) in [6, 6.07) is 12.8. The Balaban J connectivity index is 1.66. The number of halogens is 1. The average Bonchev–Trinajstić information content (AvgIpc) is 3.12. The molecule has 1 aromatic carbocycles. The Morgan fingerprint density at radius 2 is 1.83 bits per heavy atom. The largest absolute Gasteiger partial charge is 0.466 e. The molecule has 0 saturated carbocycles. The molecule has 0 bridgehead atoms. The number of nitrogens with one attached hydrogen (secondary N) is 1. The quantitative estimate of drug-likeness (QED) is 0.752. The van der Waals surface area contributed by atoms with Crippen LogP contribution in [-0.2, 0) is 6.54 Å². The number of rotatable bonds is 4. The molecule has 0 aliphatic carbocycles. The van der Waals surface area contributed by atoms with Crippen LogP contribution >= 0.6 is 11.6 Å². The first kappa shape index (κ1) is 15.4. The van der Waals surface area contributed by atoms with Crippen LogP contribution in [0.3, 0.4) is 0 Å². The van der Waals surface area contributed by atoms with E-state index < -0.39 is 0 Å². The van der Waals surface area contributed by atoms with E-state index >= 15 is 0 Å². The van der Waals surface area contributed by atoms with Crippen LogP contribution in [0.5, 0.6) is 0 Å². The lowest BCUT2D eigenvalue weighted by atomic mass is 10.2. The Morgan fingerprint density at radius 3 is 2.48 bits per heavy atom. The fourth-order valence-electron chi connectivity index (χ4n) is 2.36. The monoisotopic (exact) mass is 329 g/mol. The topological polar surface area (TPSA) is 55.4 Å². The summed E-state index contributed by atoms with van der Waals surface area (Å²) < 4.78 is 11.1. The summed E-state index contributed by atoms with van der Waals surface area (Å²) in [6.45, 7) is 3.90. The molecule has 0 unspecified atom stereocenters. The molecule has 2 heterocycles. The van der Waals surface area contributed by atoms with Crippen LogP contribution in [0.15, 0.2) is 51.3 Å². The lowest BCUT2D eigenvalue weighted by Crippen LogP contribution is -2.22. The van der Waals surface area contributed by atoms with Crippen molar-refractivity contribution in [3.8, 4) is 11.3 Å². The number of hydrogen-bond acceptors (Lipinski definition) is 3. The lowest BCUT2D eigenvalue weighted by Gasteiger charge is -2.02. The van der Waals surface area contributed by atoms with Gasteiger partial charge in [-0.15, -0.1) is 0 Å². The molecule has 0 saturated heterocycles. The van der Waals surface area contributed by atoms with Crippen LogP contribution in [0.4, 0.5) is 0 Å². The summed E-state index contributed by atoms with van der Waals surface area (Å²) in [7, 11) is 0. The third kappa shape index (κ3) is 3.48. The van der Waals surface area contributed by atoms with Gasteiger partial charge in [-0.1, -0.05) is 11.6 Å².